The molecule has 1 aliphatic heterocycles. The van der Waals surface area contributed by atoms with Crippen molar-refractivity contribution in [2.75, 3.05) is 26.7 Å². The molecule has 1 saturated heterocycles. The monoisotopic (exact) mass is 451 g/mol. The SMILES string of the molecule is COc1ccc(S(=O)(=O)N2CCCCCC2)cc1C(=O)NCC(=O)NC1CCCCC1. The summed E-state index contributed by atoms with van der Waals surface area (Å²) < 4.78 is 32.9. The van der Waals surface area contributed by atoms with Gasteiger partial charge in [-0.2, -0.15) is 4.31 Å². The summed E-state index contributed by atoms with van der Waals surface area (Å²) in [5.41, 5.74) is 0.101. The predicted octanol–water partition coefficient (Wildman–Crippen LogP) is 2.44. The van der Waals surface area contributed by atoms with Crippen molar-refractivity contribution in [1.82, 2.24) is 14.9 Å². The minimum atomic E-state index is -3.70. The van der Waals surface area contributed by atoms with Crippen LogP contribution in [0.1, 0.15) is 68.1 Å². The molecule has 0 aromatic heterocycles. The Labute approximate surface area is 184 Å². The third kappa shape index (κ3) is 6.20. The van der Waals surface area contributed by atoms with Gasteiger partial charge >= 0.3 is 0 Å². The number of nitrogens with one attached hydrogen (secondary N) is 2. The summed E-state index contributed by atoms with van der Waals surface area (Å²) in [5.74, 6) is -0.517. The first kappa shape index (κ1) is 23.5. The summed E-state index contributed by atoms with van der Waals surface area (Å²) in [4.78, 5) is 25.0. The zero-order chi connectivity index (χ0) is 22.3. The topological polar surface area (TPSA) is 105 Å². The summed E-state index contributed by atoms with van der Waals surface area (Å²) >= 11 is 0. The van der Waals surface area contributed by atoms with Crippen LogP contribution in [0.25, 0.3) is 0 Å². The van der Waals surface area contributed by atoms with Crippen molar-refractivity contribution in [2.24, 2.45) is 0 Å². The summed E-state index contributed by atoms with van der Waals surface area (Å²) in [6, 6.07) is 4.45. The molecule has 31 heavy (non-hydrogen) atoms. The number of methoxy groups -OCH3 is 1. The molecule has 2 N–H and O–H groups in total. The maximum Gasteiger partial charge on any atom is 0.255 e. The molecule has 0 bridgehead atoms. The summed E-state index contributed by atoms with van der Waals surface area (Å²) in [6.45, 7) is 0.802. The molecule has 0 unspecified atom stereocenters. The van der Waals surface area contributed by atoms with Crippen LogP contribution in [0.2, 0.25) is 0 Å². The van der Waals surface area contributed by atoms with Gasteiger partial charge in [-0.3, -0.25) is 9.59 Å². The number of nitrogens with zero attached hydrogens (tertiary/aromatic N) is 1. The Balaban J connectivity index is 1.69. The first-order valence-electron chi connectivity index (χ1n) is 11.2. The standard InChI is InChI=1S/C22H33N3O5S/c1-30-20-12-11-18(31(28,29)25-13-7-2-3-8-14-25)15-19(20)22(27)23-16-21(26)24-17-9-5-4-6-10-17/h11-12,15,17H,2-10,13-14,16H2,1H3,(H,23,27)(H,24,26). The summed E-state index contributed by atoms with van der Waals surface area (Å²) in [6.07, 6.45) is 9.03. The van der Waals surface area contributed by atoms with Crippen LogP contribution in [0, 0.1) is 0 Å². The van der Waals surface area contributed by atoms with Crippen LogP contribution < -0.4 is 15.4 Å². The summed E-state index contributed by atoms with van der Waals surface area (Å²) in [5, 5.41) is 5.54. The number of sulfonamides is 1. The van der Waals surface area contributed by atoms with Gasteiger partial charge in [0.1, 0.15) is 5.75 Å². The lowest BCUT2D eigenvalue weighted by Crippen LogP contribution is -2.42. The number of rotatable bonds is 7. The van der Waals surface area contributed by atoms with Crippen LogP contribution in [0.5, 0.6) is 5.75 Å². The number of ether oxygens (including phenoxy) is 1. The minimum absolute atomic E-state index is 0.0620. The van der Waals surface area contributed by atoms with E-state index in [2.05, 4.69) is 10.6 Å². The number of benzene rings is 1. The molecule has 8 nitrogen and oxygen atoms in total. The molecule has 2 amide bonds. The van der Waals surface area contributed by atoms with Gasteiger partial charge in [-0.15, -0.1) is 0 Å². The zero-order valence-electron chi connectivity index (χ0n) is 18.2. The zero-order valence-corrected chi connectivity index (χ0v) is 19.0. The largest absolute Gasteiger partial charge is 0.496 e. The van der Waals surface area contributed by atoms with Crippen molar-refractivity contribution in [1.29, 1.82) is 0 Å². The fourth-order valence-electron chi connectivity index (χ4n) is 4.24. The fourth-order valence-corrected chi connectivity index (χ4v) is 5.78. The molecule has 1 heterocycles. The Kier molecular flexibility index (Phi) is 8.31. The second kappa shape index (κ2) is 10.9. The third-order valence-electron chi connectivity index (χ3n) is 6.00. The summed E-state index contributed by atoms with van der Waals surface area (Å²) in [7, 11) is -2.28. The highest BCUT2D eigenvalue weighted by atomic mass is 32.2. The van der Waals surface area contributed by atoms with Gasteiger partial charge in [0.25, 0.3) is 5.91 Å². The highest BCUT2D eigenvalue weighted by Crippen LogP contribution is 2.26. The van der Waals surface area contributed by atoms with Crippen molar-refractivity contribution in [3.05, 3.63) is 23.8 Å². The smallest absolute Gasteiger partial charge is 0.255 e. The van der Waals surface area contributed by atoms with E-state index in [1.54, 1.807) is 0 Å². The molecule has 1 aromatic carbocycles. The normalized spacial score (nSPS) is 18.7. The van der Waals surface area contributed by atoms with Gasteiger partial charge < -0.3 is 15.4 Å². The second-order valence-corrected chi connectivity index (χ2v) is 10.2. The van der Waals surface area contributed by atoms with Crippen LogP contribution in [0.4, 0.5) is 0 Å². The van der Waals surface area contributed by atoms with Crippen molar-refractivity contribution in [2.45, 2.75) is 68.7 Å². The lowest BCUT2D eigenvalue weighted by Gasteiger charge is -2.23. The lowest BCUT2D eigenvalue weighted by atomic mass is 9.95. The van der Waals surface area contributed by atoms with Crippen LogP contribution in [0.3, 0.4) is 0 Å². The Morgan fingerprint density at radius 3 is 2.32 bits per heavy atom. The maximum atomic E-state index is 13.1. The highest BCUT2D eigenvalue weighted by Gasteiger charge is 2.27. The molecule has 2 fully saturated rings. The number of carbonyl (C=O) groups is 2. The average Bonchev–Trinajstić information content (AvgIpc) is 3.08. The molecule has 9 heteroatoms. The lowest BCUT2D eigenvalue weighted by molar-refractivity contribution is -0.121. The van der Waals surface area contributed by atoms with Gasteiger partial charge in [-0.25, -0.2) is 8.42 Å². The van der Waals surface area contributed by atoms with Crippen molar-refractivity contribution in [3.63, 3.8) is 0 Å². The van der Waals surface area contributed by atoms with Gasteiger partial charge in [0.05, 0.1) is 24.1 Å². The average molecular weight is 452 g/mol. The van der Waals surface area contributed by atoms with Gasteiger partial charge in [-0.1, -0.05) is 32.1 Å². The van der Waals surface area contributed by atoms with Crippen molar-refractivity contribution < 1.29 is 22.7 Å². The van der Waals surface area contributed by atoms with Crippen molar-refractivity contribution in [3.8, 4) is 5.75 Å². The molecule has 1 aromatic rings. The molecule has 1 saturated carbocycles. The first-order chi connectivity index (χ1) is 14.9. The number of carbonyl (C=O) groups excluding carboxylic acids is 2. The van der Waals surface area contributed by atoms with E-state index in [1.807, 2.05) is 0 Å². The van der Waals surface area contributed by atoms with E-state index in [4.69, 9.17) is 4.74 Å². The molecule has 2 aliphatic rings. The molecule has 0 spiro atoms. The predicted molar refractivity (Wildman–Crippen MR) is 118 cm³/mol. The van der Waals surface area contributed by atoms with Gasteiger partial charge in [-0.05, 0) is 43.9 Å². The molecular weight excluding hydrogens is 418 g/mol. The molecule has 3 rings (SSSR count). The van der Waals surface area contributed by atoms with E-state index >= 15 is 0 Å². The Bertz CT molecular complexity index is 873. The highest BCUT2D eigenvalue weighted by molar-refractivity contribution is 7.89. The Morgan fingerprint density at radius 2 is 1.68 bits per heavy atom. The number of hydrogen-bond acceptors (Lipinski definition) is 5. The fraction of sp³-hybridized carbons (Fsp3) is 0.636. The molecule has 172 valence electrons. The van der Waals surface area contributed by atoms with E-state index in [0.29, 0.717) is 13.1 Å². The van der Waals surface area contributed by atoms with E-state index in [1.165, 1.54) is 36.0 Å². The van der Waals surface area contributed by atoms with Crippen LogP contribution in [-0.2, 0) is 14.8 Å². The van der Waals surface area contributed by atoms with E-state index in [0.717, 1.165) is 51.4 Å². The molecule has 0 radical (unpaired) electrons. The molecular formula is C22H33N3O5S. The number of amides is 2. The van der Waals surface area contributed by atoms with Crippen molar-refractivity contribution >= 4 is 21.8 Å². The van der Waals surface area contributed by atoms with Gasteiger partial charge in [0, 0.05) is 19.1 Å². The maximum absolute atomic E-state index is 13.1. The minimum Gasteiger partial charge on any atom is -0.496 e. The first-order valence-corrected chi connectivity index (χ1v) is 12.6. The van der Waals surface area contributed by atoms with Crippen LogP contribution >= 0.6 is 0 Å². The second-order valence-electron chi connectivity index (χ2n) is 8.27. The van der Waals surface area contributed by atoms with E-state index in [-0.39, 0.29) is 34.7 Å². The Morgan fingerprint density at radius 1 is 1.03 bits per heavy atom. The van der Waals surface area contributed by atoms with Crippen LogP contribution in [-0.4, -0.2) is 57.3 Å². The van der Waals surface area contributed by atoms with E-state index < -0.39 is 15.9 Å². The van der Waals surface area contributed by atoms with Gasteiger partial charge in [0.2, 0.25) is 15.9 Å². The quantitative estimate of drug-likeness (QED) is 0.663. The van der Waals surface area contributed by atoms with Crippen LogP contribution in [0.15, 0.2) is 23.1 Å². The molecule has 0 atom stereocenters. The molecule has 1 aliphatic carbocycles. The Hall–Kier alpha value is -2.13. The third-order valence-corrected chi connectivity index (χ3v) is 7.89. The van der Waals surface area contributed by atoms with E-state index in [9.17, 15) is 18.0 Å². The van der Waals surface area contributed by atoms with Gasteiger partial charge in [0.15, 0.2) is 0 Å². The number of hydrogen-bond donors (Lipinski definition) is 2.